The van der Waals surface area contributed by atoms with Gasteiger partial charge in [0.15, 0.2) is 11.8 Å². The molecule has 0 radical (unpaired) electrons. The number of rotatable bonds is 5. The number of hydrogen-bond acceptors (Lipinski definition) is 3. The van der Waals surface area contributed by atoms with Crippen molar-refractivity contribution < 1.29 is 14.7 Å². The van der Waals surface area contributed by atoms with Gasteiger partial charge in [-0.2, -0.15) is 0 Å². The highest BCUT2D eigenvalue weighted by Crippen LogP contribution is 2.11. The number of hydrogen-bond donors (Lipinski definition) is 2. The van der Waals surface area contributed by atoms with E-state index in [9.17, 15) is 14.7 Å². The van der Waals surface area contributed by atoms with Crippen molar-refractivity contribution in [2.45, 2.75) is 6.04 Å². The Balaban J connectivity index is 2.22. The predicted octanol–water partition coefficient (Wildman–Crippen LogP) is 2.43. The average molecular weight is 255 g/mol. The molecule has 0 saturated heterocycles. The van der Waals surface area contributed by atoms with Gasteiger partial charge < -0.3 is 10.4 Å². The number of carboxylic acid groups (broad SMARTS) is 1. The summed E-state index contributed by atoms with van der Waals surface area (Å²) in [6, 6.07) is 15.9. The molecule has 1 atom stereocenters. The number of ketones is 1. The number of Topliss-reactive ketones (excluding diaryl/α,β-unsaturated/α-hetero) is 1. The Morgan fingerprint density at radius 2 is 1.42 bits per heavy atom. The zero-order valence-electron chi connectivity index (χ0n) is 10.1. The van der Waals surface area contributed by atoms with E-state index >= 15 is 0 Å². The minimum atomic E-state index is -1.29. The monoisotopic (exact) mass is 255 g/mol. The van der Waals surface area contributed by atoms with E-state index in [1.165, 1.54) is 0 Å². The average Bonchev–Trinajstić information content (AvgIpc) is 2.46. The van der Waals surface area contributed by atoms with Crippen molar-refractivity contribution in [1.82, 2.24) is 0 Å². The van der Waals surface area contributed by atoms with E-state index in [4.69, 9.17) is 0 Å². The SMILES string of the molecule is O=C(O)[C@@H](Nc1ccccc1)C(=O)c1ccccc1. The maximum atomic E-state index is 12.1. The smallest absolute Gasteiger partial charge is 0.334 e. The number of carbonyl (C=O) groups is 2. The summed E-state index contributed by atoms with van der Waals surface area (Å²) in [5, 5.41) is 11.9. The lowest BCUT2D eigenvalue weighted by Crippen LogP contribution is -2.37. The molecule has 0 fully saturated rings. The molecule has 2 N–H and O–H groups in total. The predicted molar refractivity (Wildman–Crippen MR) is 72.3 cm³/mol. The highest BCUT2D eigenvalue weighted by atomic mass is 16.4. The Morgan fingerprint density at radius 3 is 1.95 bits per heavy atom. The minimum Gasteiger partial charge on any atom is -0.479 e. The summed E-state index contributed by atoms with van der Waals surface area (Å²) in [6.07, 6.45) is 0. The van der Waals surface area contributed by atoms with Crippen LogP contribution >= 0.6 is 0 Å². The van der Waals surface area contributed by atoms with Gasteiger partial charge in [0.05, 0.1) is 0 Å². The van der Waals surface area contributed by atoms with Crippen LogP contribution in [0.4, 0.5) is 5.69 Å². The van der Waals surface area contributed by atoms with Crippen LogP contribution in [-0.2, 0) is 4.79 Å². The summed E-state index contributed by atoms with van der Waals surface area (Å²) in [7, 11) is 0. The normalized spacial score (nSPS) is 11.6. The third-order valence-electron chi connectivity index (χ3n) is 2.65. The summed E-state index contributed by atoms with van der Waals surface area (Å²) in [5.74, 6) is -1.66. The number of para-hydroxylation sites is 1. The molecule has 4 heteroatoms. The molecular formula is C15H13NO3. The van der Waals surface area contributed by atoms with Crippen LogP contribution in [0.2, 0.25) is 0 Å². The zero-order valence-corrected chi connectivity index (χ0v) is 10.1. The Morgan fingerprint density at radius 1 is 0.895 bits per heavy atom. The highest BCUT2D eigenvalue weighted by Gasteiger charge is 2.26. The van der Waals surface area contributed by atoms with Crippen molar-refractivity contribution in [1.29, 1.82) is 0 Å². The van der Waals surface area contributed by atoms with Gasteiger partial charge in [-0.05, 0) is 12.1 Å². The van der Waals surface area contributed by atoms with Crippen LogP contribution in [0.3, 0.4) is 0 Å². The molecule has 2 rings (SSSR count). The first-order chi connectivity index (χ1) is 9.18. The lowest BCUT2D eigenvalue weighted by atomic mass is 10.0. The quantitative estimate of drug-likeness (QED) is 0.636. The molecule has 0 aromatic heterocycles. The van der Waals surface area contributed by atoms with Crippen LogP contribution in [0.15, 0.2) is 60.7 Å². The van der Waals surface area contributed by atoms with E-state index in [1.807, 2.05) is 6.07 Å². The largest absolute Gasteiger partial charge is 0.479 e. The van der Waals surface area contributed by atoms with E-state index in [0.29, 0.717) is 11.3 Å². The van der Waals surface area contributed by atoms with Gasteiger partial charge >= 0.3 is 5.97 Å². The van der Waals surface area contributed by atoms with E-state index in [2.05, 4.69) is 5.32 Å². The molecule has 0 aliphatic rings. The van der Waals surface area contributed by atoms with Gasteiger partial charge in [0.2, 0.25) is 0 Å². The van der Waals surface area contributed by atoms with Crippen LogP contribution in [0.25, 0.3) is 0 Å². The number of anilines is 1. The number of benzene rings is 2. The summed E-state index contributed by atoms with van der Waals surface area (Å²) in [5.41, 5.74) is 0.970. The maximum Gasteiger partial charge on any atom is 0.334 e. The van der Waals surface area contributed by atoms with Gasteiger partial charge in [0.1, 0.15) is 0 Å². The third-order valence-corrected chi connectivity index (χ3v) is 2.65. The molecule has 0 heterocycles. The molecule has 0 amide bonds. The van der Waals surface area contributed by atoms with Gasteiger partial charge in [0.25, 0.3) is 0 Å². The standard InChI is InChI=1S/C15H13NO3/c17-14(11-7-3-1-4-8-11)13(15(18)19)16-12-9-5-2-6-10-12/h1-10,13,16H,(H,18,19)/t13-/m0/s1. The number of carbonyl (C=O) groups excluding carboxylic acids is 1. The summed E-state index contributed by atoms with van der Waals surface area (Å²) in [4.78, 5) is 23.4. The van der Waals surface area contributed by atoms with E-state index in [0.717, 1.165) is 0 Å². The van der Waals surface area contributed by atoms with Crippen molar-refractivity contribution >= 4 is 17.4 Å². The van der Waals surface area contributed by atoms with Gasteiger partial charge in [-0.15, -0.1) is 0 Å². The fourth-order valence-electron chi connectivity index (χ4n) is 1.71. The van der Waals surface area contributed by atoms with Crippen molar-refractivity contribution in [3.63, 3.8) is 0 Å². The molecule has 0 aliphatic carbocycles. The van der Waals surface area contributed by atoms with Crippen molar-refractivity contribution in [2.75, 3.05) is 5.32 Å². The first kappa shape index (κ1) is 12.8. The molecule has 0 saturated carbocycles. The van der Waals surface area contributed by atoms with Crippen LogP contribution in [0, 0.1) is 0 Å². The van der Waals surface area contributed by atoms with E-state index in [-0.39, 0.29) is 0 Å². The molecule has 0 aliphatic heterocycles. The highest BCUT2D eigenvalue weighted by molar-refractivity contribution is 6.13. The Labute approximate surface area is 110 Å². The first-order valence-electron chi connectivity index (χ1n) is 5.82. The molecule has 2 aromatic rings. The minimum absolute atomic E-state index is 0.373. The molecular weight excluding hydrogens is 242 g/mol. The summed E-state index contributed by atoms with van der Waals surface area (Å²) in [6.45, 7) is 0. The second kappa shape index (κ2) is 5.82. The lowest BCUT2D eigenvalue weighted by Gasteiger charge is -2.14. The van der Waals surface area contributed by atoms with Crippen molar-refractivity contribution in [2.24, 2.45) is 0 Å². The molecule has 96 valence electrons. The summed E-state index contributed by atoms with van der Waals surface area (Å²) < 4.78 is 0. The number of nitrogens with one attached hydrogen (secondary N) is 1. The summed E-state index contributed by atoms with van der Waals surface area (Å²) >= 11 is 0. The Kier molecular flexibility index (Phi) is 3.93. The number of aliphatic carboxylic acids is 1. The fourth-order valence-corrected chi connectivity index (χ4v) is 1.71. The topological polar surface area (TPSA) is 66.4 Å². The fraction of sp³-hybridized carbons (Fsp3) is 0.0667. The van der Waals surface area contributed by atoms with Crippen LogP contribution < -0.4 is 5.32 Å². The molecule has 0 unspecified atom stereocenters. The van der Waals surface area contributed by atoms with Crippen molar-refractivity contribution in [3.8, 4) is 0 Å². The van der Waals surface area contributed by atoms with Crippen LogP contribution in [0.1, 0.15) is 10.4 Å². The second-order valence-corrected chi connectivity index (χ2v) is 4.01. The molecule has 4 nitrogen and oxygen atoms in total. The Bertz CT molecular complexity index is 566. The number of carboxylic acids is 1. The van der Waals surface area contributed by atoms with Crippen molar-refractivity contribution in [3.05, 3.63) is 66.2 Å². The molecule has 0 bridgehead atoms. The van der Waals surface area contributed by atoms with Crippen LogP contribution in [-0.4, -0.2) is 22.9 Å². The Hall–Kier alpha value is -2.62. The molecule has 19 heavy (non-hydrogen) atoms. The van der Waals surface area contributed by atoms with Gasteiger partial charge in [-0.1, -0.05) is 48.5 Å². The van der Waals surface area contributed by atoms with Gasteiger partial charge in [-0.3, -0.25) is 4.79 Å². The van der Waals surface area contributed by atoms with Crippen LogP contribution in [0.5, 0.6) is 0 Å². The lowest BCUT2D eigenvalue weighted by molar-refractivity contribution is -0.136. The maximum absolute atomic E-state index is 12.1. The molecule has 0 spiro atoms. The van der Waals surface area contributed by atoms with Gasteiger partial charge in [-0.25, -0.2) is 4.79 Å². The zero-order chi connectivity index (χ0) is 13.7. The van der Waals surface area contributed by atoms with E-state index in [1.54, 1.807) is 54.6 Å². The first-order valence-corrected chi connectivity index (χ1v) is 5.82. The third kappa shape index (κ3) is 3.19. The van der Waals surface area contributed by atoms with Gasteiger partial charge in [0, 0.05) is 11.3 Å². The second-order valence-electron chi connectivity index (χ2n) is 4.01. The van der Waals surface area contributed by atoms with E-state index < -0.39 is 17.8 Å². The molecule has 2 aromatic carbocycles.